The molecule has 0 saturated carbocycles. The molecular weight excluding hydrogens is 296 g/mol. The van der Waals surface area contributed by atoms with Gasteiger partial charge in [-0.2, -0.15) is 0 Å². The van der Waals surface area contributed by atoms with Gasteiger partial charge in [0.2, 0.25) is 5.91 Å². The first kappa shape index (κ1) is 13.9. The molecule has 20 heavy (non-hydrogen) atoms. The Morgan fingerprint density at radius 3 is 3.00 bits per heavy atom. The van der Waals surface area contributed by atoms with E-state index >= 15 is 0 Å². The SMILES string of the molecule is Cc1ccsc1CC1(C(=O)O)CS[C@@H]2C(N)C(=O)N2C1. The van der Waals surface area contributed by atoms with Gasteiger partial charge in [0, 0.05) is 23.6 Å². The van der Waals surface area contributed by atoms with Crippen LogP contribution in [0.25, 0.3) is 0 Å². The molecule has 2 unspecified atom stereocenters. The van der Waals surface area contributed by atoms with E-state index in [2.05, 4.69) is 0 Å². The normalized spacial score (nSPS) is 32.7. The summed E-state index contributed by atoms with van der Waals surface area (Å²) in [5.41, 5.74) is 5.97. The lowest BCUT2D eigenvalue weighted by Crippen LogP contribution is -2.72. The molecule has 3 atom stereocenters. The van der Waals surface area contributed by atoms with E-state index < -0.39 is 17.4 Å². The van der Waals surface area contributed by atoms with Crippen molar-refractivity contribution in [3.63, 3.8) is 0 Å². The summed E-state index contributed by atoms with van der Waals surface area (Å²) in [6, 6.07) is 1.54. The Morgan fingerprint density at radius 1 is 1.65 bits per heavy atom. The van der Waals surface area contributed by atoms with Gasteiger partial charge in [-0.1, -0.05) is 0 Å². The molecule has 5 nitrogen and oxygen atoms in total. The average Bonchev–Trinajstić information content (AvgIpc) is 2.83. The minimum absolute atomic E-state index is 0.0422. The van der Waals surface area contributed by atoms with Gasteiger partial charge in [-0.25, -0.2) is 0 Å². The molecule has 2 aliphatic heterocycles. The van der Waals surface area contributed by atoms with Crippen molar-refractivity contribution in [3.05, 3.63) is 21.9 Å². The second-order valence-electron chi connectivity index (χ2n) is 5.48. The molecule has 2 fully saturated rings. The zero-order valence-electron chi connectivity index (χ0n) is 11.0. The second kappa shape index (κ2) is 4.75. The highest BCUT2D eigenvalue weighted by molar-refractivity contribution is 8.00. The highest BCUT2D eigenvalue weighted by Crippen LogP contribution is 2.43. The van der Waals surface area contributed by atoms with Gasteiger partial charge in [0.05, 0.1) is 5.41 Å². The first-order valence-corrected chi connectivity index (χ1v) is 8.31. The topological polar surface area (TPSA) is 83.6 Å². The van der Waals surface area contributed by atoms with Gasteiger partial charge in [-0.3, -0.25) is 9.59 Å². The lowest BCUT2D eigenvalue weighted by atomic mass is 9.83. The van der Waals surface area contributed by atoms with Crippen molar-refractivity contribution in [2.75, 3.05) is 12.3 Å². The number of thiophene rings is 1. The van der Waals surface area contributed by atoms with E-state index in [1.807, 2.05) is 18.4 Å². The number of carbonyl (C=O) groups excluding carboxylic acids is 1. The maximum Gasteiger partial charge on any atom is 0.312 e. The molecule has 1 amide bonds. The molecular formula is C13H16N2O3S2. The molecule has 1 aromatic heterocycles. The van der Waals surface area contributed by atoms with Gasteiger partial charge < -0.3 is 15.7 Å². The number of amides is 1. The molecule has 0 spiro atoms. The Labute approximate surface area is 125 Å². The first-order valence-electron chi connectivity index (χ1n) is 6.39. The number of aliphatic carboxylic acids is 1. The summed E-state index contributed by atoms with van der Waals surface area (Å²) in [5, 5.41) is 11.6. The lowest BCUT2D eigenvalue weighted by Gasteiger charge is -2.52. The van der Waals surface area contributed by atoms with Crippen molar-refractivity contribution in [3.8, 4) is 0 Å². The third-order valence-corrected chi connectivity index (χ3v) is 6.74. The Morgan fingerprint density at radius 2 is 2.40 bits per heavy atom. The Kier molecular flexibility index (Phi) is 3.30. The Balaban J connectivity index is 1.85. The van der Waals surface area contributed by atoms with Crippen LogP contribution in [-0.2, 0) is 16.0 Å². The van der Waals surface area contributed by atoms with Gasteiger partial charge in [-0.15, -0.1) is 23.1 Å². The van der Waals surface area contributed by atoms with E-state index in [9.17, 15) is 14.7 Å². The summed E-state index contributed by atoms with van der Waals surface area (Å²) in [5.74, 6) is -0.456. The minimum Gasteiger partial charge on any atom is -0.481 e. The largest absolute Gasteiger partial charge is 0.481 e. The number of nitrogens with two attached hydrogens (primary N) is 1. The van der Waals surface area contributed by atoms with Crippen LogP contribution in [0.2, 0.25) is 0 Å². The first-order chi connectivity index (χ1) is 9.44. The number of hydrogen-bond donors (Lipinski definition) is 2. The molecule has 3 N–H and O–H groups in total. The van der Waals surface area contributed by atoms with E-state index in [1.165, 1.54) is 11.8 Å². The fraction of sp³-hybridized carbons (Fsp3) is 0.538. The molecule has 0 aliphatic carbocycles. The average molecular weight is 312 g/mol. The number of rotatable bonds is 3. The van der Waals surface area contributed by atoms with Crippen LogP contribution < -0.4 is 5.73 Å². The number of carbonyl (C=O) groups is 2. The molecule has 0 aromatic carbocycles. The van der Waals surface area contributed by atoms with E-state index in [1.54, 1.807) is 16.2 Å². The number of aryl methyl sites for hydroxylation is 1. The van der Waals surface area contributed by atoms with Crippen LogP contribution in [0.15, 0.2) is 11.4 Å². The van der Waals surface area contributed by atoms with E-state index in [4.69, 9.17) is 5.73 Å². The zero-order chi connectivity index (χ0) is 14.5. The molecule has 0 radical (unpaired) electrons. The smallest absolute Gasteiger partial charge is 0.312 e. The fourth-order valence-electron chi connectivity index (χ4n) is 2.73. The highest BCUT2D eigenvalue weighted by Gasteiger charge is 2.55. The third-order valence-electron chi connectivity index (χ3n) is 4.11. The Hall–Kier alpha value is -1.05. The van der Waals surface area contributed by atoms with Crippen molar-refractivity contribution in [2.45, 2.75) is 24.8 Å². The summed E-state index contributed by atoms with van der Waals surface area (Å²) in [4.78, 5) is 26.3. The lowest BCUT2D eigenvalue weighted by molar-refractivity contribution is -0.156. The molecule has 7 heteroatoms. The monoisotopic (exact) mass is 312 g/mol. The van der Waals surface area contributed by atoms with Crippen molar-refractivity contribution < 1.29 is 14.7 Å². The molecule has 3 heterocycles. The quantitative estimate of drug-likeness (QED) is 0.811. The van der Waals surface area contributed by atoms with E-state index in [0.717, 1.165) is 10.4 Å². The van der Waals surface area contributed by atoms with Crippen molar-refractivity contribution >= 4 is 35.0 Å². The predicted molar refractivity (Wildman–Crippen MR) is 78.8 cm³/mol. The van der Waals surface area contributed by atoms with Gasteiger partial charge in [0.1, 0.15) is 11.4 Å². The fourth-order valence-corrected chi connectivity index (χ4v) is 5.27. The van der Waals surface area contributed by atoms with Gasteiger partial charge in [0.25, 0.3) is 0 Å². The number of fused-ring (bicyclic) bond motifs is 1. The van der Waals surface area contributed by atoms with Crippen LogP contribution in [0.5, 0.6) is 0 Å². The van der Waals surface area contributed by atoms with Crippen molar-refractivity contribution in [2.24, 2.45) is 11.1 Å². The summed E-state index contributed by atoms with van der Waals surface area (Å²) < 4.78 is 0. The molecule has 3 rings (SSSR count). The van der Waals surface area contributed by atoms with Crippen LogP contribution in [-0.4, -0.2) is 45.6 Å². The molecule has 1 aromatic rings. The number of hydrogen-bond acceptors (Lipinski definition) is 5. The van der Waals surface area contributed by atoms with E-state index in [-0.39, 0.29) is 17.8 Å². The van der Waals surface area contributed by atoms with Crippen LogP contribution in [0.4, 0.5) is 0 Å². The summed E-state index contributed by atoms with van der Waals surface area (Å²) in [6.07, 6.45) is 0.477. The summed E-state index contributed by atoms with van der Waals surface area (Å²) >= 11 is 3.07. The minimum atomic E-state index is -0.896. The number of carboxylic acids is 1. The second-order valence-corrected chi connectivity index (χ2v) is 7.59. The van der Waals surface area contributed by atoms with Crippen LogP contribution in [0, 0.1) is 12.3 Å². The van der Waals surface area contributed by atoms with Crippen LogP contribution in [0.1, 0.15) is 10.4 Å². The van der Waals surface area contributed by atoms with Gasteiger partial charge in [-0.05, 0) is 23.9 Å². The number of nitrogens with zero attached hydrogens (tertiary/aromatic N) is 1. The number of β-lactam (4-membered cyclic amide) rings is 1. The molecule has 108 valence electrons. The summed E-state index contributed by atoms with van der Waals surface area (Å²) in [7, 11) is 0. The van der Waals surface area contributed by atoms with Gasteiger partial charge >= 0.3 is 5.97 Å². The molecule has 2 saturated heterocycles. The standard InChI is InChI=1S/C13H16N2O3S2/c1-7-2-3-19-8(7)4-13(12(17)18)5-15-10(16)9(14)11(15)20-6-13/h2-3,9,11H,4-6,14H2,1H3,(H,17,18)/t9?,11-,13?/m1/s1. The van der Waals surface area contributed by atoms with Crippen LogP contribution in [0.3, 0.4) is 0 Å². The summed E-state index contributed by atoms with van der Waals surface area (Å²) in [6.45, 7) is 2.26. The van der Waals surface area contributed by atoms with E-state index in [0.29, 0.717) is 12.2 Å². The number of carboxylic acid groups (broad SMARTS) is 1. The maximum atomic E-state index is 11.8. The zero-order valence-corrected chi connectivity index (χ0v) is 12.7. The predicted octanol–water partition coefficient (Wildman–Crippen LogP) is 0.912. The van der Waals surface area contributed by atoms with Crippen molar-refractivity contribution in [1.29, 1.82) is 0 Å². The molecule has 2 aliphatic rings. The Bertz CT molecular complexity index is 574. The number of thioether (sulfide) groups is 1. The van der Waals surface area contributed by atoms with Crippen molar-refractivity contribution in [1.82, 2.24) is 4.90 Å². The van der Waals surface area contributed by atoms with Gasteiger partial charge in [0.15, 0.2) is 0 Å². The van der Waals surface area contributed by atoms with Crippen LogP contribution >= 0.6 is 23.1 Å². The third kappa shape index (κ3) is 1.96. The maximum absolute atomic E-state index is 11.8. The highest BCUT2D eigenvalue weighted by atomic mass is 32.2. The molecule has 0 bridgehead atoms.